The van der Waals surface area contributed by atoms with Crippen LogP contribution >= 0.6 is 0 Å². The third kappa shape index (κ3) is 3100. The Hall–Kier alpha value is 3.24. The average Bonchev–Trinajstić information content (AvgIpc) is 0. The van der Waals surface area contributed by atoms with Gasteiger partial charge in [0.25, 0.3) is 0 Å². The van der Waals surface area contributed by atoms with E-state index in [4.69, 9.17) is 0 Å². The van der Waals surface area contributed by atoms with Gasteiger partial charge >= 0.3 is 0 Å². The molecule has 0 atom stereocenters. The van der Waals surface area contributed by atoms with Crippen molar-refractivity contribution in [3.8, 4) is 0 Å². The predicted octanol–water partition coefficient (Wildman–Crippen LogP) is -19.0. The average molecular weight is 861 g/mol. The van der Waals surface area contributed by atoms with E-state index in [1.807, 2.05) is 0 Å². The van der Waals surface area contributed by atoms with Crippen LogP contribution in [-0.4, -0.2) is 126 Å². The number of rotatable bonds is 0. The number of hydrogen-bond acceptors (Lipinski definition) is 0. The summed E-state index contributed by atoms with van der Waals surface area (Å²) < 4.78 is 0. The summed E-state index contributed by atoms with van der Waals surface area (Å²) in [5, 5.41) is 0. The quantitative estimate of drug-likeness (QED) is 0.205. The second-order valence-electron chi connectivity index (χ2n) is 0. The summed E-state index contributed by atoms with van der Waals surface area (Å²) in [6.45, 7) is 0. The zero-order valence-corrected chi connectivity index (χ0v) is 23.2. The maximum atomic E-state index is 0. The van der Waals surface area contributed by atoms with Gasteiger partial charge in [-0.05, 0) is 0 Å². The second kappa shape index (κ2) is 3300. The molecule has 0 spiro atoms. The molecule has 0 rings (SSSR count). The molecule has 248 valence electrons. The first-order valence-corrected chi connectivity index (χ1v) is 0. The Morgan fingerprint density at radius 3 is 0.0645 bits per heavy atom. The molecule has 0 radical (unpaired) electrons. The van der Waals surface area contributed by atoms with E-state index in [0.717, 1.165) is 0 Å². The van der Waals surface area contributed by atoms with E-state index < -0.39 is 0 Å². The van der Waals surface area contributed by atoms with E-state index in [9.17, 15) is 0 Å². The van der Waals surface area contributed by atoms with Crippen molar-refractivity contribution < 1.29 is 263 Å². The van der Waals surface area contributed by atoms with Crippen LogP contribution < -0.4 is 0 Å². The van der Waals surface area contributed by atoms with Gasteiger partial charge in [0.2, 0.25) is 0 Å². The summed E-state index contributed by atoms with van der Waals surface area (Å²) >= 11 is 0. The van der Waals surface area contributed by atoms with Crippen LogP contribution in [0.15, 0.2) is 0 Å². The van der Waals surface area contributed by atoms with Crippen molar-refractivity contribution in [1.82, 2.24) is 0 Å². The molecule has 0 aromatic rings. The van der Waals surface area contributed by atoms with Crippen LogP contribution in [-0.2, 0) is 137 Å². The molecule has 0 saturated carbocycles. The van der Waals surface area contributed by atoms with Gasteiger partial charge in [-0.2, -0.15) is 0 Å². The molecule has 0 aliphatic heterocycles. The van der Waals surface area contributed by atoms with E-state index in [2.05, 4.69) is 0 Å². The Morgan fingerprint density at radius 1 is 0.0645 bits per heavy atom. The molecule has 0 aliphatic rings. The van der Waals surface area contributed by atoms with Crippen LogP contribution in [0.5, 0.6) is 0 Å². The molecule has 31 heavy (non-hydrogen) atoms. The molecule has 23 nitrogen and oxygen atoms in total. The van der Waals surface area contributed by atoms with Crippen molar-refractivity contribution in [2.75, 3.05) is 0 Å². The molecule has 0 aliphatic carbocycles. The first-order chi connectivity index (χ1) is 0. The van der Waals surface area contributed by atoms with Gasteiger partial charge in [-0.25, -0.2) is 0 Å². The fraction of sp³-hybridized carbons (Fsp3) is 0. The summed E-state index contributed by atoms with van der Waals surface area (Å²) in [6, 6.07) is 0. The third-order valence-corrected chi connectivity index (χ3v) is 0. The molecule has 0 heterocycles. The minimum atomic E-state index is 0. The third-order valence-electron chi connectivity index (χ3n) is 0. The summed E-state index contributed by atoms with van der Waals surface area (Å²) in [5.41, 5.74) is 0. The Balaban J connectivity index is 0. The fourth-order valence-corrected chi connectivity index (χ4v) is 0. The molecule has 0 aromatic carbocycles. The van der Waals surface area contributed by atoms with Gasteiger partial charge in [0.15, 0.2) is 0 Å². The molecule has 0 fully saturated rings. The molecule has 0 saturated heterocycles. The van der Waals surface area contributed by atoms with E-state index >= 15 is 0 Å². The van der Waals surface area contributed by atoms with Crippen LogP contribution in [0.2, 0.25) is 0 Å². The van der Waals surface area contributed by atoms with Gasteiger partial charge in [-0.15, -0.1) is 0 Å². The second-order valence-corrected chi connectivity index (χ2v) is 0. The van der Waals surface area contributed by atoms with Crippen molar-refractivity contribution in [3.05, 3.63) is 0 Å². The smallest absolute Gasteiger partial charge is 0 e. The van der Waals surface area contributed by atoms with Crippen molar-refractivity contribution in [2.24, 2.45) is 0 Å². The fourth-order valence-electron chi connectivity index (χ4n) is 0. The van der Waals surface area contributed by atoms with Gasteiger partial charge in [-0.1, -0.05) is 0 Å². The van der Waals surface area contributed by atoms with Crippen LogP contribution in [0.3, 0.4) is 0 Å². The van der Waals surface area contributed by atoms with E-state index in [1.54, 1.807) is 0 Å². The van der Waals surface area contributed by atoms with Gasteiger partial charge in [0, 0.05) is 137 Å². The summed E-state index contributed by atoms with van der Waals surface area (Å²) in [5.74, 6) is 0. The Kier molecular flexibility index (Phi) is 384000. The van der Waals surface area contributed by atoms with Gasteiger partial charge in [0.1, 0.15) is 0 Å². The maximum Gasteiger partial charge on any atom is 0 e. The van der Waals surface area contributed by atoms with Gasteiger partial charge in [0.05, 0.1) is 0 Å². The van der Waals surface area contributed by atoms with Crippen molar-refractivity contribution in [1.29, 1.82) is 0 Å². The summed E-state index contributed by atoms with van der Waals surface area (Å²) in [7, 11) is 0. The maximum absolute atomic E-state index is 0. The van der Waals surface area contributed by atoms with Crippen LogP contribution in [0.25, 0.3) is 0 Å². The van der Waals surface area contributed by atoms with E-state index in [1.165, 1.54) is 0 Å². The summed E-state index contributed by atoms with van der Waals surface area (Å²) in [6.07, 6.45) is 0. The zero-order valence-electron chi connectivity index (χ0n) is 14.3. The molecule has 0 aromatic heterocycles. The minimum absolute atomic E-state index is 0. The molecule has 0 bridgehead atoms. The number of hydrogen-bond donors (Lipinski definition) is 0. The van der Waals surface area contributed by atoms with Crippen LogP contribution in [0.1, 0.15) is 0 Å². The standard InChI is InChI=1S/8Fe.23H2O/h;;;;;;;;23*1H2. The monoisotopic (exact) mass is 862 g/mol. The van der Waals surface area contributed by atoms with Crippen molar-refractivity contribution in [3.63, 3.8) is 0 Å². The Bertz CT molecular complexity index is 25.5. The molecule has 46 N–H and O–H groups in total. The van der Waals surface area contributed by atoms with Crippen LogP contribution in [0.4, 0.5) is 0 Å². The normalized spacial score (nSPS) is 0. The Labute approximate surface area is 260 Å². The largest absolute Gasteiger partial charge is 0.412 e. The van der Waals surface area contributed by atoms with Crippen molar-refractivity contribution in [2.45, 2.75) is 0 Å². The molecule has 0 amide bonds. The molecular weight excluding hydrogens is 815 g/mol. The first kappa shape index (κ1) is 3610. The molecule has 0 unspecified atom stereocenters. The summed E-state index contributed by atoms with van der Waals surface area (Å²) in [4.78, 5) is 0. The molecule has 31 heteroatoms. The van der Waals surface area contributed by atoms with Gasteiger partial charge < -0.3 is 126 Å². The Morgan fingerprint density at radius 2 is 0.0645 bits per heavy atom. The zero-order chi connectivity index (χ0) is 0. The van der Waals surface area contributed by atoms with Crippen LogP contribution in [0, 0.1) is 0 Å². The minimum Gasteiger partial charge on any atom is -0.412 e. The first-order valence-electron chi connectivity index (χ1n) is 0. The van der Waals surface area contributed by atoms with Gasteiger partial charge in [-0.3, -0.25) is 0 Å². The predicted molar refractivity (Wildman–Crippen MR) is 83.1 cm³/mol. The van der Waals surface area contributed by atoms with E-state index in [-0.39, 0.29) is 263 Å². The topological polar surface area (TPSA) is 724 Å². The SMILES string of the molecule is O.O.O.O.O.O.O.O.O.O.O.O.O.O.O.O.O.O.O.O.O.O.O.[Fe].[Fe].[Fe].[Fe].[Fe].[Fe].[Fe].[Fe]. The van der Waals surface area contributed by atoms with E-state index in [0.29, 0.717) is 0 Å². The van der Waals surface area contributed by atoms with Crippen molar-refractivity contribution >= 4 is 0 Å². The molecular formula is H46Fe8O23.